The number of ether oxygens (including phenoxy) is 2. The second-order valence-corrected chi connectivity index (χ2v) is 14.0. The number of hydrogen-bond acceptors (Lipinski definition) is 5. The van der Waals surface area contributed by atoms with Gasteiger partial charge in [0.2, 0.25) is 0 Å². The Morgan fingerprint density at radius 2 is 1.88 bits per heavy atom. The van der Waals surface area contributed by atoms with Crippen LogP contribution in [-0.4, -0.2) is 87.2 Å². The number of aliphatic hydroxyl groups is 1. The Morgan fingerprint density at radius 1 is 1.21 bits per heavy atom. The summed E-state index contributed by atoms with van der Waals surface area (Å²) < 4.78 is 11.6. The summed E-state index contributed by atoms with van der Waals surface area (Å²) in [5.74, 6) is 0. The molecule has 7 heteroatoms. The summed E-state index contributed by atoms with van der Waals surface area (Å²) in [6.45, 7) is 9.89. The van der Waals surface area contributed by atoms with Crippen LogP contribution in [0.1, 0.15) is 19.3 Å². The van der Waals surface area contributed by atoms with Gasteiger partial charge < -0.3 is 19.5 Å². The molecule has 2 aliphatic rings. The highest BCUT2D eigenvalue weighted by molar-refractivity contribution is 6.76. The van der Waals surface area contributed by atoms with E-state index in [1.807, 2.05) is 7.05 Å². The minimum absolute atomic E-state index is 0.173. The van der Waals surface area contributed by atoms with E-state index >= 15 is 0 Å². The van der Waals surface area contributed by atoms with Gasteiger partial charge in [-0.15, -0.1) is 0 Å². The molecule has 0 aromatic rings. The number of carbonyl (C=O) groups is 1. The van der Waals surface area contributed by atoms with Crippen molar-refractivity contribution in [2.24, 2.45) is 0 Å². The largest absolute Gasteiger partial charge is 0.450 e. The lowest BCUT2D eigenvalue weighted by atomic mass is 10.1. The predicted molar refractivity (Wildman–Crippen MR) is 97.1 cm³/mol. The van der Waals surface area contributed by atoms with Crippen LogP contribution in [0.5, 0.6) is 0 Å². The first kappa shape index (κ1) is 19.7. The Kier molecular flexibility index (Phi) is 7.09. The zero-order valence-corrected chi connectivity index (χ0v) is 16.7. The first-order chi connectivity index (χ1) is 11.3. The van der Waals surface area contributed by atoms with Gasteiger partial charge in [0.25, 0.3) is 0 Å². The Morgan fingerprint density at radius 3 is 2.42 bits per heavy atom. The molecule has 2 fully saturated rings. The van der Waals surface area contributed by atoms with Gasteiger partial charge in [0, 0.05) is 33.7 Å². The van der Waals surface area contributed by atoms with Crippen LogP contribution in [-0.2, 0) is 9.47 Å². The maximum Gasteiger partial charge on any atom is 0.409 e. The Hall–Kier alpha value is -0.633. The molecule has 0 spiro atoms. The zero-order chi connectivity index (χ0) is 17.7. The molecule has 6 nitrogen and oxygen atoms in total. The van der Waals surface area contributed by atoms with E-state index in [4.69, 9.17) is 9.47 Å². The molecular formula is C17H34N2O4Si. The molecule has 0 aromatic carbocycles. The fraction of sp³-hybridized carbons (Fsp3) is 0.941. The van der Waals surface area contributed by atoms with Crippen LogP contribution in [0.15, 0.2) is 0 Å². The van der Waals surface area contributed by atoms with Crippen LogP contribution in [0, 0.1) is 0 Å². The summed E-state index contributed by atoms with van der Waals surface area (Å²) >= 11 is 0. The standard InChI is InChI=1S/C17H34N2O4Si/c1-18-12-16(11-14(18)13-20)23-15-5-7-19(8-6-15)17(21)22-9-10-24(2,3)4/h14-16,20H,5-13H2,1-4H3/t14-,16+/m0/s1. The fourth-order valence-corrected chi connectivity index (χ4v) is 4.04. The average Bonchev–Trinajstić information content (AvgIpc) is 2.86. The molecule has 24 heavy (non-hydrogen) atoms. The Labute approximate surface area is 147 Å². The van der Waals surface area contributed by atoms with E-state index < -0.39 is 8.07 Å². The van der Waals surface area contributed by atoms with Crippen LogP contribution >= 0.6 is 0 Å². The van der Waals surface area contributed by atoms with Crippen molar-refractivity contribution in [2.45, 2.75) is 63.2 Å². The molecule has 140 valence electrons. The van der Waals surface area contributed by atoms with Crippen molar-refractivity contribution in [2.75, 3.05) is 39.9 Å². The summed E-state index contributed by atoms with van der Waals surface area (Å²) in [4.78, 5) is 16.1. The molecule has 0 aliphatic carbocycles. The fourth-order valence-electron chi connectivity index (χ4n) is 3.32. The topological polar surface area (TPSA) is 62.2 Å². The second kappa shape index (κ2) is 8.65. The molecule has 2 atom stereocenters. The summed E-state index contributed by atoms with van der Waals surface area (Å²) in [5, 5.41) is 9.32. The third kappa shape index (κ3) is 6.02. The molecule has 1 amide bonds. The molecule has 2 heterocycles. The number of nitrogens with zero attached hydrogens (tertiary/aromatic N) is 2. The van der Waals surface area contributed by atoms with Crippen LogP contribution in [0.2, 0.25) is 25.7 Å². The highest BCUT2D eigenvalue weighted by Crippen LogP contribution is 2.23. The van der Waals surface area contributed by atoms with Gasteiger partial charge >= 0.3 is 6.09 Å². The van der Waals surface area contributed by atoms with E-state index in [0.29, 0.717) is 19.7 Å². The predicted octanol–water partition coefficient (Wildman–Crippen LogP) is 2.01. The normalized spacial score (nSPS) is 26.8. The van der Waals surface area contributed by atoms with Crippen molar-refractivity contribution in [3.8, 4) is 0 Å². The van der Waals surface area contributed by atoms with Crippen LogP contribution < -0.4 is 0 Å². The van der Waals surface area contributed by atoms with E-state index in [1.54, 1.807) is 4.90 Å². The highest BCUT2D eigenvalue weighted by Gasteiger charge is 2.33. The van der Waals surface area contributed by atoms with Gasteiger partial charge in [-0.3, -0.25) is 4.90 Å². The van der Waals surface area contributed by atoms with Gasteiger partial charge in [0.1, 0.15) is 0 Å². The van der Waals surface area contributed by atoms with Crippen molar-refractivity contribution in [1.82, 2.24) is 9.80 Å². The summed E-state index contributed by atoms with van der Waals surface area (Å²) in [6, 6.07) is 1.23. The van der Waals surface area contributed by atoms with Crippen LogP contribution in [0.25, 0.3) is 0 Å². The van der Waals surface area contributed by atoms with Gasteiger partial charge in [0.05, 0.1) is 25.4 Å². The molecule has 1 N–H and O–H groups in total. The van der Waals surface area contributed by atoms with E-state index in [-0.39, 0.29) is 30.9 Å². The Balaban J connectivity index is 1.65. The quantitative estimate of drug-likeness (QED) is 0.736. The molecule has 0 aromatic heterocycles. The van der Waals surface area contributed by atoms with Crippen molar-refractivity contribution < 1.29 is 19.4 Å². The van der Waals surface area contributed by atoms with Crippen LogP contribution in [0.4, 0.5) is 4.79 Å². The summed E-state index contributed by atoms with van der Waals surface area (Å²) in [6.07, 6.45) is 2.87. The number of rotatable bonds is 6. The second-order valence-electron chi connectivity index (χ2n) is 8.38. The lowest BCUT2D eigenvalue weighted by Crippen LogP contribution is -2.42. The highest BCUT2D eigenvalue weighted by atomic mass is 28.3. The van der Waals surface area contributed by atoms with E-state index in [0.717, 1.165) is 31.9 Å². The molecule has 2 rings (SSSR count). The average molecular weight is 359 g/mol. The first-order valence-corrected chi connectivity index (χ1v) is 12.9. The van der Waals surface area contributed by atoms with Gasteiger partial charge in [-0.05, 0) is 32.4 Å². The van der Waals surface area contributed by atoms with Crippen molar-refractivity contribution in [1.29, 1.82) is 0 Å². The summed E-state index contributed by atoms with van der Waals surface area (Å²) in [7, 11) is 0.873. The lowest BCUT2D eigenvalue weighted by Gasteiger charge is -2.32. The number of hydrogen-bond donors (Lipinski definition) is 1. The molecule has 2 aliphatic heterocycles. The lowest BCUT2D eigenvalue weighted by molar-refractivity contribution is -0.0357. The van der Waals surface area contributed by atoms with Gasteiger partial charge in [-0.2, -0.15) is 0 Å². The SMILES string of the molecule is CN1C[C@H](OC2CCN(C(=O)OCC[Si](C)(C)C)CC2)C[C@H]1CO. The third-order valence-electron chi connectivity index (χ3n) is 5.02. The summed E-state index contributed by atoms with van der Waals surface area (Å²) in [5.41, 5.74) is 0. The maximum atomic E-state index is 12.1. The number of likely N-dealkylation sites (N-methyl/N-ethyl adjacent to an activating group) is 1. The van der Waals surface area contributed by atoms with E-state index in [9.17, 15) is 9.90 Å². The molecule has 0 radical (unpaired) electrons. The van der Waals surface area contributed by atoms with Gasteiger partial charge in [0.15, 0.2) is 0 Å². The third-order valence-corrected chi connectivity index (χ3v) is 6.73. The molecular weight excluding hydrogens is 324 g/mol. The smallest absolute Gasteiger partial charge is 0.409 e. The molecule has 0 bridgehead atoms. The van der Waals surface area contributed by atoms with Crippen molar-refractivity contribution in [3.05, 3.63) is 0 Å². The first-order valence-electron chi connectivity index (χ1n) is 9.17. The number of piperidine rings is 1. The molecule has 0 saturated carbocycles. The maximum absolute atomic E-state index is 12.1. The van der Waals surface area contributed by atoms with Gasteiger partial charge in [-0.25, -0.2) is 4.79 Å². The monoisotopic (exact) mass is 358 g/mol. The van der Waals surface area contributed by atoms with Gasteiger partial charge in [-0.1, -0.05) is 19.6 Å². The molecule has 2 saturated heterocycles. The number of amides is 1. The van der Waals surface area contributed by atoms with Crippen LogP contribution in [0.3, 0.4) is 0 Å². The van der Waals surface area contributed by atoms with Crippen molar-refractivity contribution in [3.63, 3.8) is 0 Å². The van der Waals surface area contributed by atoms with Crippen molar-refractivity contribution >= 4 is 14.2 Å². The number of carbonyl (C=O) groups excluding carboxylic acids is 1. The number of aliphatic hydroxyl groups excluding tert-OH is 1. The Bertz CT molecular complexity index is 408. The van der Waals surface area contributed by atoms with E-state index in [2.05, 4.69) is 24.5 Å². The zero-order valence-electron chi connectivity index (χ0n) is 15.7. The van der Waals surface area contributed by atoms with E-state index in [1.165, 1.54) is 0 Å². The minimum atomic E-state index is -1.16. The molecule has 0 unspecified atom stereocenters. The minimum Gasteiger partial charge on any atom is -0.450 e. The number of likely N-dealkylation sites (tertiary alicyclic amines) is 2.